The second-order valence-electron chi connectivity index (χ2n) is 6.87. The van der Waals surface area contributed by atoms with Gasteiger partial charge in [-0.05, 0) is 19.4 Å². The van der Waals surface area contributed by atoms with Crippen molar-refractivity contribution in [1.82, 2.24) is 29.6 Å². The van der Waals surface area contributed by atoms with Gasteiger partial charge in [0.15, 0.2) is 0 Å². The zero-order chi connectivity index (χ0) is 21.3. The van der Waals surface area contributed by atoms with Crippen LogP contribution in [0.1, 0.15) is 13.3 Å². The minimum atomic E-state index is -1.25. The van der Waals surface area contributed by atoms with Crippen molar-refractivity contribution in [2.24, 2.45) is 0 Å². The Morgan fingerprint density at radius 3 is 3.10 bits per heavy atom. The monoisotopic (exact) mass is 433 g/mol. The van der Waals surface area contributed by atoms with E-state index in [0.717, 1.165) is 6.54 Å². The van der Waals surface area contributed by atoms with Crippen molar-refractivity contribution in [2.45, 2.75) is 32.2 Å². The first kappa shape index (κ1) is 20.1. The van der Waals surface area contributed by atoms with Gasteiger partial charge in [-0.3, -0.25) is 9.48 Å². The maximum atomic E-state index is 14.6. The van der Waals surface area contributed by atoms with Gasteiger partial charge in [0.25, 0.3) is 0 Å². The van der Waals surface area contributed by atoms with Crippen LogP contribution in [0.25, 0.3) is 11.0 Å². The number of hydrogen-bond donors (Lipinski definition) is 2. The normalized spacial score (nSPS) is 19.1. The second kappa shape index (κ2) is 8.31. The van der Waals surface area contributed by atoms with Crippen LogP contribution >= 0.6 is 11.6 Å². The van der Waals surface area contributed by atoms with E-state index in [9.17, 15) is 9.18 Å². The average molecular weight is 434 g/mol. The summed E-state index contributed by atoms with van der Waals surface area (Å²) in [5.74, 6) is 0.118. The number of alkyl halides is 1. The van der Waals surface area contributed by atoms with Gasteiger partial charge in [0.2, 0.25) is 17.7 Å². The number of nitrogens with zero attached hydrogens (tertiary/aromatic N) is 5. The van der Waals surface area contributed by atoms with E-state index in [1.54, 1.807) is 17.1 Å². The summed E-state index contributed by atoms with van der Waals surface area (Å²) in [4.78, 5) is 25.2. The third-order valence-electron chi connectivity index (χ3n) is 4.89. The molecule has 3 aromatic heterocycles. The summed E-state index contributed by atoms with van der Waals surface area (Å²) in [6, 6.07) is 0. The number of fused-ring (bicyclic) bond motifs is 1. The third kappa shape index (κ3) is 3.95. The number of hydrogen-bond acceptors (Lipinski definition) is 6. The summed E-state index contributed by atoms with van der Waals surface area (Å²) in [6.45, 7) is 6.58. The molecule has 2 atom stereocenters. The lowest BCUT2D eigenvalue weighted by Crippen LogP contribution is -2.49. The topological polar surface area (TPSA) is 101 Å². The number of halogens is 2. The van der Waals surface area contributed by atoms with E-state index in [0.29, 0.717) is 28.3 Å². The number of rotatable bonds is 6. The van der Waals surface area contributed by atoms with E-state index in [1.165, 1.54) is 11.0 Å². The lowest BCUT2D eigenvalue weighted by atomic mass is 10.1. The summed E-state index contributed by atoms with van der Waals surface area (Å²) in [5, 5.41) is 8.07. The zero-order valence-electron chi connectivity index (χ0n) is 16.3. The summed E-state index contributed by atoms with van der Waals surface area (Å²) < 4.78 is 22.3. The van der Waals surface area contributed by atoms with Gasteiger partial charge < -0.3 is 19.9 Å². The standard InChI is InChI=1S/C19H21ClFN7O2/c1-3-15(29)27-6-5-13(21)14(10-27)30-18-16-12(20)8-22-17(16)25-19(26-18)24-11-7-23-28(4-2)9-11/h3,7-9,13-14H,1,4-6,10H2,2H3,(H2,22,24,25,26). The van der Waals surface area contributed by atoms with Crippen LogP contribution in [0, 0.1) is 0 Å². The van der Waals surface area contributed by atoms with E-state index >= 15 is 0 Å². The second-order valence-corrected chi connectivity index (χ2v) is 7.28. The number of carbonyl (C=O) groups excluding carboxylic acids is 1. The molecule has 30 heavy (non-hydrogen) atoms. The van der Waals surface area contributed by atoms with Crippen LogP contribution in [0.15, 0.2) is 31.2 Å². The largest absolute Gasteiger partial charge is 0.469 e. The average Bonchev–Trinajstić information content (AvgIpc) is 3.35. The first-order valence-corrected chi connectivity index (χ1v) is 9.92. The fourth-order valence-corrected chi connectivity index (χ4v) is 3.53. The Labute approximate surface area is 176 Å². The van der Waals surface area contributed by atoms with E-state index in [2.05, 4.69) is 31.9 Å². The summed E-state index contributed by atoms with van der Waals surface area (Å²) in [5.41, 5.74) is 1.14. The van der Waals surface area contributed by atoms with E-state index in [-0.39, 0.29) is 30.7 Å². The van der Waals surface area contributed by atoms with Gasteiger partial charge in [-0.2, -0.15) is 15.1 Å². The van der Waals surface area contributed by atoms with Crippen LogP contribution in [0.2, 0.25) is 5.02 Å². The number of piperidine rings is 1. The van der Waals surface area contributed by atoms with Crippen molar-refractivity contribution in [1.29, 1.82) is 0 Å². The molecule has 158 valence electrons. The molecule has 2 N–H and O–H groups in total. The fourth-order valence-electron chi connectivity index (χ4n) is 3.31. The molecular weight excluding hydrogens is 413 g/mol. The number of H-pyrrole nitrogens is 1. The Hall–Kier alpha value is -3.14. The molecule has 1 saturated heterocycles. The highest BCUT2D eigenvalue weighted by molar-refractivity contribution is 6.35. The van der Waals surface area contributed by atoms with Crippen molar-refractivity contribution in [3.63, 3.8) is 0 Å². The minimum Gasteiger partial charge on any atom is -0.469 e. The molecule has 0 spiro atoms. The molecule has 9 nitrogen and oxygen atoms in total. The molecule has 0 aromatic carbocycles. The van der Waals surface area contributed by atoms with Gasteiger partial charge >= 0.3 is 0 Å². The zero-order valence-corrected chi connectivity index (χ0v) is 17.1. The molecule has 0 radical (unpaired) electrons. The number of ether oxygens (including phenoxy) is 1. The lowest BCUT2D eigenvalue weighted by Gasteiger charge is -2.34. The smallest absolute Gasteiger partial charge is 0.246 e. The van der Waals surface area contributed by atoms with Crippen molar-refractivity contribution >= 4 is 40.2 Å². The van der Waals surface area contributed by atoms with E-state index < -0.39 is 12.3 Å². The molecule has 1 aliphatic rings. The van der Waals surface area contributed by atoms with Gasteiger partial charge in [0.05, 0.1) is 28.8 Å². The molecule has 0 bridgehead atoms. The van der Waals surface area contributed by atoms with Gasteiger partial charge in [-0.15, -0.1) is 0 Å². The number of aromatic amines is 1. The molecular formula is C19H21ClFN7O2. The predicted molar refractivity (Wildman–Crippen MR) is 111 cm³/mol. The highest BCUT2D eigenvalue weighted by atomic mass is 35.5. The Morgan fingerprint density at radius 1 is 1.53 bits per heavy atom. The number of aromatic nitrogens is 5. The molecule has 1 fully saturated rings. The van der Waals surface area contributed by atoms with Crippen molar-refractivity contribution in [3.05, 3.63) is 36.3 Å². The van der Waals surface area contributed by atoms with Crippen LogP contribution in [-0.4, -0.2) is 60.9 Å². The summed E-state index contributed by atoms with van der Waals surface area (Å²) in [7, 11) is 0. The summed E-state index contributed by atoms with van der Waals surface area (Å²) in [6.07, 6.45) is 4.27. The van der Waals surface area contributed by atoms with Gasteiger partial charge in [0, 0.05) is 25.5 Å². The fraction of sp³-hybridized carbons (Fsp3) is 0.368. The third-order valence-corrected chi connectivity index (χ3v) is 5.19. The van der Waals surface area contributed by atoms with Gasteiger partial charge in [-0.25, -0.2) is 4.39 Å². The lowest BCUT2D eigenvalue weighted by molar-refractivity contribution is -0.130. The van der Waals surface area contributed by atoms with Gasteiger partial charge in [0.1, 0.15) is 17.9 Å². The van der Waals surface area contributed by atoms with Crippen molar-refractivity contribution in [2.75, 3.05) is 18.4 Å². The molecule has 2 unspecified atom stereocenters. The molecule has 0 saturated carbocycles. The Morgan fingerprint density at radius 2 is 2.37 bits per heavy atom. The van der Waals surface area contributed by atoms with E-state index in [1.807, 2.05) is 13.1 Å². The predicted octanol–water partition coefficient (Wildman–Crippen LogP) is 3.08. The minimum absolute atomic E-state index is 0.0889. The highest BCUT2D eigenvalue weighted by Gasteiger charge is 2.33. The number of nitrogens with one attached hydrogen (secondary N) is 2. The van der Waals surface area contributed by atoms with Crippen molar-refractivity contribution < 1.29 is 13.9 Å². The number of amides is 1. The van der Waals surface area contributed by atoms with Crippen LogP contribution in [0.3, 0.4) is 0 Å². The molecule has 4 rings (SSSR count). The number of anilines is 2. The quantitative estimate of drug-likeness (QED) is 0.579. The Kier molecular flexibility index (Phi) is 5.58. The first-order chi connectivity index (χ1) is 14.5. The Bertz CT molecular complexity index is 1080. The Balaban J connectivity index is 1.64. The number of likely N-dealkylation sites (tertiary alicyclic amines) is 1. The maximum Gasteiger partial charge on any atom is 0.246 e. The van der Waals surface area contributed by atoms with Gasteiger partial charge in [-0.1, -0.05) is 18.2 Å². The SMILES string of the molecule is C=CC(=O)N1CCC(F)C(Oc2nc(Nc3cnn(CC)c3)nc3[nH]cc(Cl)c23)C1. The van der Waals surface area contributed by atoms with Crippen LogP contribution in [0.5, 0.6) is 5.88 Å². The van der Waals surface area contributed by atoms with Crippen LogP contribution in [0.4, 0.5) is 16.0 Å². The highest BCUT2D eigenvalue weighted by Crippen LogP contribution is 2.33. The molecule has 11 heteroatoms. The molecule has 3 aromatic rings. The molecule has 4 heterocycles. The van der Waals surface area contributed by atoms with Crippen LogP contribution < -0.4 is 10.1 Å². The molecule has 0 aliphatic carbocycles. The number of carbonyl (C=O) groups is 1. The first-order valence-electron chi connectivity index (χ1n) is 9.54. The van der Waals surface area contributed by atoms with E-state index in [4.69, 9.17) is 16.3 Å². The van der Waals surface area contributed by atoms with Crippen LogP contribution in [-0.2, 0) is 11.3 Å². The molecule has 1 amide bonds. The molecule has 1 aliphatic heterocycles. The maximum absolute atomic E-state index is 14.6. The van der Waals surface area contributed by atoms with Crippen molar-refractivity contribution in [3.8, 4) is 5.88 Å². The summed E-state index contributed by atoms with van der Waals surface area (Å²) >= 11 is 6.27. The number of aryl methyl sites for hydroxylation is 1.